The van der Waals surface area contributed by atoms with E-state index in [0.29, 0.717) is 25.6 Å². The molecule has 0 aromatic rings. The summed E-state index contributed by atoms with van der Waals surface area (Å²) in [6.45, 7) is 5.19. The average Bonchev–Trinajstić information content (AvgIpc) is 2.50. The number of nitrogens with two attached hydrogens (primary N) is 1. The normalized spacial score (nSPS) is 19.2. The second-order valence-electron chi connectivity index (χ2n) is 5.95. The van der Waals surface area contributed by atoms with E-state index < -0.39 is 12.6 Å². The molecule has 0 saturated carbocycles. The summed E-state index contributed by atoms with van der Waals surface area (Å²) in [7, 11) is 0. The first-order valence-corrected chi connectivity index (χ1v) is 8.42. The Bertz CT molecular complexity index is 420. The Morgan fingerprint density at radius 2 is 2.08 bits per heavy atom. The van der Waals surface area contributed by atoms with Crippen molar-refractivity contribution in [2.24, 2.45) is 16.6 Å². The van der Waals surface area contributed by atoms with Crippen molar-refractivity contribution in [1.29, 1.82) is 0 Å². The lowest BCUT2D eigenvalue weighted by Gasteiger charge is -2.30. The molecule has 1 saturated heterocycles. The summed E-state index contributed by atoms with van der Waals surface area (Å²) in [6.07, 6.45) is -2.48. The Kier molecular flexibility index (Phi) is 12.2. The fourth-order valence-electron chi connectivity index (χ4n) is 2.64. The zero-order chi connectivity index (χ0) is 18.0. The van der Waals surface area contributed by atoms with Crippen LogP contribution in [-0.4, -0.2) is 62.2 Å². The van der Waals surface area contributed by atoms with Crippen LogP contribution in [0.2, 0.25) is 0 Å². The third kappa shape index (κ3) is 11.4. The molecular formula is C15H29F3IN5O. The van der Waals surface area contributed by atoms with Gasteiger partial charge in [0.15, 0.2) is 5.96 Å². The molecule has 0 aromatic carbocycles. The number of alkyl halides is 3. The van der Waals surface area contributed by atoms with Crippen LogP contribution in [0.4, 0.5) is 13.2 Å². The highest BCUT2D eigenvalue weighted by atomic mass is 127. The summed E-state index contributed by atoms with van der Waals surface area (Å²) in [6, 6.07) is 0. The Morgan fingerprint density at radius 3 is 2.68 bits per heavy atom. The van der Waals surface area contributed by atoms with Crippen molar-refractivity contribution < 1.29 is 18.0 Å². The van der Waals surface area contributed by atoms with E-state index in [1.807, 2.05) is 6.92 Å². The SMILES string of the molecule is CCNC(=NCCCN1CCCC(C(N)=O)C1)NCCC(F)(F)F.I. The van der Waals surface area contributed by atoms with Crippen molar-refractivity contribution in [2.45, 2.75) is 38.8 Å². The first-order valence-electron chi connectivity index (χ1n) is 8.42. The van der Waals surface area contributed by atoms with Crippen molar-refractivity contribution >= 4 is 35.8 Å². The number of nitrogens with zero attached hydrogens (tertiary/aromatic N) is 2. The molecule has 1 rings (SSSR count). The molecule has 0 aliphatic carbocycles. The van der Waals surface area contributed by atoms with Gasteiger partial charge in [0.25, 0.3) is 0 Å². The van der Waals surface area contributed by atoms with E-state index in [2.05, 4.69) is 20.5 Å². The van der Waals surface area contributed by atoms with Gasteiger partial charge in [-0.25, -0.2) is 0 Å². The van der Waals surface area contributed by atoms with Gasteiger partial charge < -0.3 is 21.3 Å². The molecule has 1 aliphatic heterocycles. The summed E-state index contributed by atoms with van der Waals surface area (Å²) in [5.41, 5.74) is 5.35. The van der Waals surface area contributed by atoms with Gasteiger partial charge in [-0.3, -0.25) is 9.79 Å². The first-order chi connectivity index (χ1) is 11.3. The molecule has 148 valence electrons. The summed E-state index contributed by atoms with van der Waals surface area (Å²) < 4.78 is 36.5. The lowest BCUT2D eigenvalue weighted by atomic mass is 9.97. The van der Waals surface area contributed by atoms with Gasteiger partial charge in [-0.1, -0.05) is 0 Å². The number of rotatable bonds is 8. The number of piperidine rings is 1. The highest BCUT2D eigenvalue weighted by Crippen LogP contribution is 2.18. The minimum atomic E-state index is -4.17. The molecule has 1 unspecified atom stereocenters. The van der Waals surface area contributed by atoms with Crippen molar-refractivity contribution in [1.82, 2.24) is 15.5 Å². The Morgan fingerprint density at radius 1 is 1.36 bits per heavy atom. The lowest BCUT2D eigenvalue weighted by molar-refractivity contribution is -0.132. The number of aliphatic imine (C=N–C) groups is 1. The number of amides is 1. The molecule has 1 atom stereocenters. The first kappa shape index (κ1) is 24.2. The maximum absolute atomic E-state index is 12.2. The highest BCUT2D eigenvalue weighted by molar-refractivity contribution is 14.0. The van der Waals surface area contributed by atoms with Crippen LogP contribution in [0.25, 0.3) is 0 Å². The summed E-state index contributed by atoms with van der Waals surface area (Å²) in [5, 5.41) is 5.61. The van der Waals surface area contributed by atoms with Crippen LogP contribution < -0.4 is 16.4 Å². The summed E-state index contributed by atoms with van der Waals surface area (Å²) >= 11 is 0. The molecule has 1 aliphatic rings. The smallest absolute Gasteiger partial charge is 0.369 e. The molecule has 1 heterocycles. The monoisotopic (exact) mass is 479 g/mol. The van der Waals surface area contributed by atoms with E-state index in [-0.39, 0.29) is 42.3 Å². The Labute approximate surface area is 164 Å². The number of primary amides is 1. The van der Waals surface area contributed by atoms with E-state index in [0.717, 1.165) is 32.4 Å². The minimum absolute atomic E-state index is 0. The van der Waals surface area contributed by atoms with E-state index in [9.17, 15) is 18.0 Å². The van der Waals surface area contributed by atoms with E-state index in [4.69, 9.17) is 5.73 Å². The molecule has 0 radical (unpaired) electrons. The molecule has 4 N–H and O–H groups in total. The van der Waals surface area contributed by atoms with Crippen molar-refractivity contribution in [3.8, 4) is 0 Å². The zero-order valence-electron chi connectivity index (χ0n) is 14.6. The standard InChI is InChI=1S/C15H28F3N5O.HI/c1-2-20-14(22-8-6-15(16,17)18)21-7-4-10-23-9-3-5-12(11-23)13(19)24;/h12H,2-11H2,1H3,(H2,19,24)(H2,20,21,22);1H. The molecule has 6 nitrogen and oxygen atoms in total. The van der Waals surface area contributed by atoms with Gasteiger partial charge in [0, 0.05) is 26.2 Å². The quantitative estimate of drug-likeness (QED) is 0.214. The predicted octanol–water partition coefficient (Wildman–Crippen LogP) is 1.70. The topological polar surface area (TPSA) is 82.8 Å². The fraction of sp³-hybridized carbons (Fsp3) is 0.867. The van der Waals surface area contributed by atoms with Gasteiger partial charge >= 0.3 is 6.18 Å². The third-order valence-corrected chi connectivity index (χ3v) is 3.86. The minimum Gasteiger partial charge on any atom is -0.369 e. The highest BCUT2D eigenvalue weighted by Gasteiger charge is 2.26. The van der Waals surface area contributed by atoms with E-state index in [1.54, 1.807) is 0 Å². The van der Waals surface area contributed by atoms with E-state index in [1.165, 1.54) is 0 Å². The van der Waals surface area contributed by atoms with Crippen molar-refractivity contribution in [3.63, 3.8) is 0 Å². The second-order valence-corrected chi connectivity index (χ2v) is 5.95. The fourth-order valence-corrected chi connectivity index (χ4v) is 2.64. The second kappa shape index (κ2) is 12.6. The number of nitrogens with one attached hydrogen (secondary N) is 2. The molecular weight excluding hydrogens is 450 g/mol. The van der Waals surface area contributed by atoms with Crippen LogP contribution in [0.1, 0.15) is 32.6 Å². The molecule has 1 fully saturated rings. The maximum atomic E-state index is 12.2. The molecule has 10 heteroatoms. The third-order valence-electron chi connectivity index (χ3n) is 3.86. The van der Waals surface area contributed by atoms with Crippen LogP contribution >= 0.6 is 24.0 Å². The number of likely N-dealkylation sites (tertiary alicyclic amines) is 1. The van der Waals surface area contributed by atoms with Crippen molar-refractivity contribution in [2.75, 3.05) is 39.3 Å². The molecule has 0 bridgehead atoms. The van der Waals surface area contributed by atoms with Crippen LogP contribution in [0.15, 0.2) is 4.99 Å². The van der Waals surface area contributed by atoms with Crippen LogP contribution in [-0.2, 0) is 4.79 Å². The summed E-state index contributed by atoms with van der Waals surface area (Å²) in [5.74, 6) is 0.0695. The van der Waals surface area contributed by atoms with E-state index >= 15 is 0 Å². The van der Waals surface area contributed by atoms with Gasteiger partial charge in [-0.2, -0.15) is 13.2 Å². The number of hydrogen-bond acceptors (Lipinski definition) is 3. The lowest BCUT2D eigenvalue weighted by Crippen LogP contribution is -2.41. The average molecular weight is 479 g/mol. The number of carbonyl (C=O) groups excluding carboxylic acids is 1. The number of guanidine groups is 1. The molecule has 1 amide bonds. The Balaban J connectivity index is 0.00000576. The van der Waals surface area contributed by atoms with Crippen LogP contribution in [0, 0.1) is 5.92 Å². The summed E-state index contributed by atoms with van der Waals surface area (Å²) in [4.78, 5) is 17.7. The molecule has 25 heavy (non-hydrogen) atoms. The zero-order valence-corrected chi connectivity index (χ0v) is 16.9. The van der Waals surface area contributed by atoms with Gasteiger partial charge in [0.1, 0.15) is 0 Å². The number of halogens is 4. The van der Waals surface area contributed by atoms with Gasteiger partial charge in [0.05, 0.1) is 12.3 Å². The van der Waals surface area contributed by atoms with Gasteiger partial charge in [-0.15, -0.1) is 24.0 Å². The number of hydrogen-bond donors (Lipinski definition) is 3. The van der Waals surface area contributed by atoms with Gasteiger partial charge in [0.2, 0.25) is 5.91 Å². The van der Waals surface area contributed by atoms with Crippen LogP contribution in [0.5, 0.6) is 0 Å². The largest absolute Gasteiger partial charge is 0.390 e. The Hall–Kier alpha value is -0.780. The molecule has 0 aromatic heterocycles. The number of carbonyl (C=O) groups is 1. The maximum Gasteiger partial charge on any atom is 0.390 e. The van der Waals surface area contributed by atoms with Gasteiger partial charge in [-0.05, 0) is 39.3 Å². The van der Waals surface area contributed by atoms with Crippen LogP contribution in [0.3, 0.4) is 0 Å². The predicted molar refractivity (Wildman–Crippen MR) is 103 cm³/mol. The molecule has 0 spiro atoms. The van der Waals surface area contributed by atoms with Crippen molar-refractivity contribution in [3.05, 3.63) is 0 Å².